The van der Waals surface area contributed by atoms with Crippen LogP contribution >= 0.6 is 0 Å². The Labute approximate surface area is 111 Å². The van der Waals surface area contributed by atoms with E-state index >= 15 is 0 Å². The Kier molecular flexibility index (Phi) is 6.76. The predicted molar refractivity (Wildman–Crippen MR) is 77.1 cm³/mol. The fourth-order valence-electron chi connectivity index (χ4n) is 1.97. The van der Waals surface area contributed by atoms with Crippen LogP contribution in [0.25, 0.3) is 0 Å². The third-order valence-corrected chi connectivity index (χ3v) is 3.30. The van der Waals surface area contributed by atoms with E-state index < -0.39 is 0 Å². The van der Waals surface area contributed by atoms with Gasteiger partial charge in [0.1, 0.15) is 5.75 Å². The largest absolute Gasteiger partial charge is 0.497 e. The van der Waals surface area contributed by atoms with Crippen molar-refractivity contribution in [1.29, 1.82) is 0 Å². The topological polar surface area (TPSA) is 15.7 Å². The van der Waals surface area contributed by atoms with Crippen LogP contribution in [0.1, 0.15) is 19.4 Å². The van der Waals surface area contributed by atoms with Gasteiger partial charge in [0.25, 0.3) is 0 Å². The van der Waals surface area contributed by atoms with Crippen LogP contribution in [0.15, 0.2) is 24.3 Å². The number of likely N-dealkylation sites (N-methyl/N-ethyl adjacent to an activating group) is 2. The van der Waals surface area contributed by atoms with E-state index in [2.05, 4.69) is 42.8 Å². The number of hydrogen-bond acceptors (Lipinski definition) is 3. The Morgan fingerprint density at radius 3 is 2.11 bits per heavy atom. The van der Waals surface area contributed by atoms with Gasteiger partial charge in [0, 0.05) is 19.6 Å². The lowest BCUT2D eigenvalue weighted by Crippen LogP contribution is -2.32. The van der Waals surface area contributed by atoms with Crippen molar-refractivity contribution in [2.45, 2.75) is 20.4 Å². The van der Waals surface area contributed by atoms with E-state index in [1.807, 2.05) is 12.1 Å². The van der Waals surface area contributed by atoms with Crippen LogP contribution in [0, 0.1) is 0 Å². The van der Waals surface area contributed by atoms with Crippen LogP contribution in [0.5, 0.6) is 5.75 Å². The third-order valence-electron chi connectivity index (χ3n) is 3.30. The summed E-state index contributed by atoms with van der Waals surface area (Å²) in [4.78, 5) is 4.81. The first-order valence-corrected chi connectivity index (χ1v) is 6.73. The van der Waals surface area contributed by atoms with Crippen molar-refractivity contribution in [3.05, 3.63) is 29.8 Å². The highest BCUT2D eigenvalue weighted by Crippen LogP contribution is 2.12. The van der Waals surface area contributed by atoms with Crippen molar-refractivity contribution in [2.24, 2.45) is 0 Å². The second-order valence-corrected chi connectivity index (χ2v) is 4.61. The van der Waals surface area contributed by atoms with Gasteiger partial charge in [0.05, 0.1) is 7.11 Å². The van der Waals surface area contributed by atoms with Crippen molar-refractivity contribution < 1.29 is 4.74 Å². The molecule has 0 fully saturated rings. The quantitative estimate of drug-likeness (QED) is 0.705. The Balaban J connectivity index is 2.36. The summed E-state index contributed by atoms with van der Waals surface area (Å²) in [6.07, 6.45) is 0. The summed E-state index contributed by atoms with van der Waals surface area (Å²) < 4.78 is 5.16. The fraction of sp³-hybridized carbons (Fsp3) is 0.600. The van der Waals surface area contributed by atoms with E-state index in [4.69, 9.17) is 4.74 Å². The van der Waals surface area contributed by atoms with E-state index in [0.29, 0.717) is 0 Å². The molecule has 1 aromatic rings. The van der Waals surface area contributed by atoms with Gasteiger partial charge in [-0.1, -0.05) is 26.0 Å². The van der Waals surface area contributed by atoms with Crippen molar-refractivity contribution in [1.82, 2.24) is 9.80 Å². The molecular weight excluding hydrogens is 224 g/mol. The molecule has 0 heterocycles. The summed E-state index contributed by atoms with van der Waals surface area (Å²) in [5, 5.41) is 0. The van der Waals surface area contributed by atoms with Gasteiger partial charge in [0.15, 0.2) is 0 Å². The lowest BCUT2D eigenvalue weighted by Gasteiger charge is -2.23. The van der Waals surface area contributed by atoms with Crippen LogP contribution in [0.4, 0.5) is 0 Å². The molecule has 3 heteroatoms. The van der Waals surface area contributed by atoms with E-state index in [9.17, 15) is 0 Å². The highest BCUT2D eigenvalue weighted by molar-refractivity contribution is 5.26. The summed E-state index contributed by atoms with van der Waals surface area (Å²) in [6.45, 7) is 9.93. The molecule has 102 valence electrons. The van der Waals surface area contributed by atoms with E-state index in [0.717, 1.165) is 38.5 Å². The van der Waals surface area contributed by atoms with Gasteiger partial charge < -0.3 is 14.5 Å². The number of nitrogens with zero attached hydrogens (tertiary/aromatic N) is 2. The summed E-state index contributed by atoms with van der Waals surface area (Å²) in [5.41, 5.74) is 1.33. The van der Waals surface area contributed by atoms with Crippen molar-refractivity contribution in [3.8, 4) is 5.75 Å². The van der Waals surface area contributed by atoms with Crippen molar-refractivity contribution in [2.75, 3.05) is 40.3 Å². The highest BCUT2D eigenvalue weighted by Gasteiger charge is 2.03. The maximum atomic E-state index is 5.16. The number of methoxy groups -OCH3 is 1. The Hall–Kier alpha value is -1.06. The summed E-state index contributed by atoms with van der Waals surface area (Å²) in [5.74, 6) is 0.921. The second kappa shape index (κ2) is 8.11. The minimum Gasteiger partial charge on any atom is -0.497 e. The molecule has 0 aliphatic carbocycles. The molecular formula is C15H26N2O. The molecule has 0 aliphatic rings. The molecule has 3 nitrogen and oxygen atoms in total. The fourth-order valence-corrected chi connectivity index (χ4v) is 1.97. The van der Waals surface area contributed by atoms with Crippen LogP contribution in [-0.2, 0) is 6.54 Å². The molecule has 1 rings (SSSR count). The Bertz CT molecular complexity index is 320. The number of hydrogen-bond donors (Lipinski definition) is 0. The molecule has 0 amide bonds. The summed E-state index contributed by atoms with van der Waals surface area (Å²) in [7, 11) is 3.87. The molecule has 0 atom stereocenters. The first-order chi connectivity index (χ1) is 8.69. The van der Waals surface area contributed by atoms with E-state index in [-0.39, 0.29) is 0 Å². The SMILES string of the molecule is CCN(CC)CCN(C)Cc1ccc(OC)cc1. The van der Waals surface area contributed by atoms with Gasteiger partial charge in [-0.2, -0.15) is 0 Å². The summed E-state index contributed by atoms with van der Waals surface area (Å²) in [6, 6.07) is 8.31. The lowest BCUT2D eigenvalue weighted by atomic mass is 10.2. The van der Waals surface area contributed by atoms with Crippen LogP contribution in [0.2, 0.25) is 0 Å². The number of benzene rings is 1. The van der Waals surface area contributed by atoms with Crippen LogP contribution < -0.4 is 4.74 Å². The highest BCUT2D eigenvalue weighted by atomic mass is 16.5. The lowest BCUT2D eigenvalue weighted by molar-refractivity contribution is 0.236. The van der Waals surface area contributed by atoms with Gasteiger partial charge >= 0.3 is 0 Å². The monoisotopic (exact) mass is 250 g/mol. The molecule has 0 aromatic heterocycles. The molecule has 18 heavy (non-hydrogen) atoms. The van der Waals surface area contributed by atoms with Crippen molar-refractivity contribution >= 4 is 0 Å². The minimum absolute atomic E-state index is 0.921. The van der Waals surface area contributed by atoms with Crippen LogP contribution in [-0.4, -0.2) is 50.1 Å². The van der Waals surface area contributed by atoms with Gasteiger partial charge in [-0.25, -0.2) is 0 Å². The molecule has 0 saturated carbocycles. The normalized spacial score (nSPS) is 11.2. The predicted octanol–water partition coefficient (Wildman–Crippen LogP) is 2.47. The molecule has 0 unspecified atom stereocenters. The van der Waals surface area contributed by atoms with E-state index in [1.165, 1.54) is 5.56 Å². The zero-order chi connectivity index (χ0) is 13.4. The molecule has 0 N–H and O–H groups in total. The smallest absolute Gasteiger partial charge is 0.118 e. The van der Waals surface area contributed by atoms with Gasteiger partial charge in [-0.05, 0) is 37.8 Å². The van der Waals surface area contributed by atoms with E-state index in [1.54, 1.807) is 7.11 Å². The zero-order valence-corrected chi connectivity index (χ0v) is 12.1. The first-order valence-electron chi connectivity index (χ1n) is 6.73. The Morgan fingerprint density at radius 2 is 1.61 bits per heavy atom. The van der Waals surface area contributed by atoms with Gasteiger partial charge in [-0.3, -0.25) is 0 Å². The van der Waals surface area contributed by atoms with Crippen LogP contribution in [0.3, 0.4) is 0 Å². The summed E-state index contributed by atoms with van der Waals surface area (Å²) >= 11 is 0. The minimum atomic E-state index is 0.921. The zero-order valence-electron chi connectivity index (χ0n) is 12.1. The first kappa shape index (κ1) is 15.0. The van der Waals surface area contributed by atoms with Gasteiger partial charge in [-0.15, -0.1) is 0 Å². The second-order valence-electron chi connectivity index (χ2n) is 4.61. The number of rotatable bonds is 8. The molecule has 0 aliphatic heterocycles. The third kappa shape index (κ3) is 5.07. The molecule has 0 spiro atoms. The maximum Gasteiger partial charge on any atom is 0.118 e. The average Bonchev–Trinajstić information content (AvgIpc) is 2.41. The average molecular weight is 250 g/mol. The Morgan fingerprint density at radius 1 is 1.00 bits per heavy atom. The maximum absolute atomic E-state index is 5.16. The molecule has 0 radical (unpaired) electrons. The molecule has 1 aromatic carbocycles. The van der Waals surface area contributed by atoms with Gasteiger partial charge in [0.2, 0.25) is 0 Å². The molecule has 0 saturated heterocycles. The number of ether oxygens (including phenoxy) is 1. The molecule has 0 bridgehead atoms. The standard InChI is InChI=1S/C15H26N2O/c1-5-17(6-2)12-11-16(3)13-14-7-9-15(18-4)10-8-14/h7-10H,5-6,11-13H2,1-4H3. The van der Waals surface area contributed by atoms with Crippen molar-refractivity contribution in [3.63, 3.8) is 0 Å².